The Balaban J connectivity index is -0.000000479. The Morgan fingerprint density at radius 1 is 0.224 bits per heavy atom. The van der Waals surface area contributed by atoms with Crippen LogP contribution in [0.3, 0.4) is 0 Å². The normalized spacial score (nSPS) is 41.9. The lowest BCUT2D eigenvalue weighted by Crippen LogP contribution is -2.40. The van der Waals surface area contributed by atoms with Gasteiger partial charge in [0.2, 0.25) is 20.0 Å². The summed E-state index contributed by atoms with van der Waals surface area (Å²) in [6.45, 7) is -108. The zero-order chi connectivity index (χ0) is 179. The molecule has 0 aromatic carbocycles. The molecule has 0 radical (unpaired) electrons. The van der Waals surface area contributed by atoms with Crippen LogP contribution < -0.4 is 74.3 Å². The van der Waals surface area contributed by atoms with Crippen molar-refractivity contribution < 1.29 is 217 Å². The van der Waals surface area contributed by atoms with Crippen molar-refractivity contribution >= 4 is 0 Å². The van der Waals surface area contributed by atoms with Crippen molar-refractivity contribution in [2.75, 3.05) is 183 Å². The van der Waals surface area contributed by atoms with Crippen molar-refractivity contribution in [3.05, 3.63) is 0 Å². The quantitative estimate of drug-likeness (QED) is 0.0312. The minimum atomic E-state index is -4.66. The second kappa shape index (κ2) is 92.0. The Morgan fingerprint density at radius 3 is 0.653 bits per heavy atom. The highest BCUT2D eigenvalue weighted by Gasteiger charge is 2.11. The van der Waals surface area contributed by atoms with Crippen LogP contribution in [-0.2, 0) is 0 Å². The molecule has 28 heteroatoms. The lowest BCUT2D eigenvalue weighted by Gasteiger charge is -2.17. The van der Waals surface area contributed by atoms with Gasteiger partial charge in [0.05, 0.1) is 130 Å². The summed E-state index contributed by atoms with van der Waals surface area (Å²) in [6.07, 6.45) is -33.5. The van der Waals surface area contributed by atoms with Crippen molar-refractivity contribution in [1.82, 2.24) is 74.3 Å². The SMILES string of the molecule is [2H]OC([2H])([2H])[C@@H](N([2H])C([2H])([2H])C([2H])([2H])N([2H])[C@H](C([2H])([2H])O[2H])C([2H])([2H])C([2H])([2H])[2H])C([2H])([2H])C([2H])([2H])[2H].[2H]OC([2H])([2H])[C@@H](N([2H])CCN([2H])[C@H](C([2H])([2H])O[2H])C([2H])([2H])C([2H])([2H])[2H])C([2H])([2H])C([2H])([2H])[2H].[2H]OC([2H])([2H])[C@@]([2H])(CC)N([2H])C([2H])([2H])C([2H])([2H])N([2H])[C@]([2H])(CC)C([2H])([2H])O[2H].[2H]OC([2H])([2H])[C@@]([2H])(CC)N([2H])CCN([2H])[C@]([2H])(CC)C([2H])([2H])O[2H].[2H]OC([2H])([2H])[C@H](CC)N([2H])C([2H])([2H])C([2H])([2H])N([2H])[C@@H](CC)C([2H])([2H])O[2H].[2H]OC([2H])([2H])[C@]([2H])(N([2H])C([2H])([2H])C([2H])([2H])N([2H])[C@@]([2H])(C([2H])([2H])O[2H])C([2H])([2H])C([2H])([2H])[2H])C([2H])([2H])C([2H])([2H])[2H].[2H]OC([2H])([2H])[C@]([2H])(N([2H])CCN([2H])[C@@]([2H])(C([2H])([2H])O[2H])C([2H])([2H])C([2H])([2H])[2H])C([2H])([2H])C([2H])([2H])[2H]. The molecule has 0 bridgehead atoms. The number of hydrogen-bond donors (Lipinski definition) is 28. The van der Waals surface area contributed by atoms with Gasteiger partial charge in [0.1, 0.15) is 19.8 Å². The predicted octanol–water partition coefficient (Wildman–Crippen LogP) is -2.05. The average molecular weight is 1550 g/mol. The number of nitrogens with one attached hydrogen (secondary N) is 14. The molecule has 0 unspecified atom stereocenters. The first-order valence-electron chi connectivity index (χ1n) is 84.7. The smallest absolute Gasteiger partial charge is 0.210 e. The fourth-order valence-electron chi connectivity index (χ4n) is 3.75. The molecule has 0 aliphatic carbocycles. The number of rotatable bonds is 77. The van der Waals surface area contributed by atoms with Gasteiger partial charge in [0, 0.05) is 263 Å². The van der Waals surface area contributed by atoms with Crippen molar-refractivity contribution in [2.45, 2.75) is 270 Å². The van der Waals surface area contributed by atoms with Crippen LogP contribution in [0.2, 0.25) is 19.8 Å². The van der Waals surface area contributed by atoms with Crippen LogP contribution in [0.25, 0.3) is 0 Å². The van der Waals surface area contributed by atoms with Gasteiger partial charge in [-0.3, -0.25) is 0 Å². The zero-order valence-corrected chi connectivity index (χ0v) is 52.9. The third kappa shape index (κ3) is 77.5. The standard InChI is InChI=1S/7C10H24N2O2/c7*1-3-9(7-13)11-5-6-12-10(4-2)8-14/h7*9-14H,3-8H2,1-2H3/t7*9-,10-/m1111000/s1/i1D3,2D3,3D2,4D2,5D2,6D2,7D2,8D2,9D,10D,13D,14D;1D3,2D3,3D2,4D2,7D2,8D2,9D,10D,13D,14D;5D2,6D2,7D2,8D2,9D,10D,13D,14D;7D2,8D2,9D,10D,13D,14D;1D3,2D3,3D2,4D2,5D2,6D2,7D2,8D2,13D,14D;1D3,2D3,3D2,4D2,7D2,8D2,13D,14D;5D2,6D2,7D2,8D2,13D,14D/hD14. The van der Waals surface area contributed by atoms with E-state index in [0.717, 1.165) is 0 Å². The van der Waals surface area contributed by atoms with E-state index in [4.69, 9.17) is 166 Å². The minimum Gasteiger partial charge on any atom is -0.395 e. The number of hydrogen-bond acceptors (Lipinski definition) is 28. The summed E-state index contributed by atoms with van der Waals surface area (Å²) in [5.41, 5.74) is 0. The average Bonchev–Trinajstić information content (AvgIpc) is 0.685. The topological polar surface area (TPSA) is 452 Å². The Kier molecular flexibility index (Phi) is 19.0. The molecule has 0 spiro atoms. The Hall–Kier alpha value is -1.12. The number of aliphatic hydroxyl groups is 14. The van der Waals surface area contributed by atoms with Gasteiger partial charge in [-0.1, -0.05) is 96.4 Å². The highest BCUT2D eigenvalue weighted by molar-refractivity contribution is 4.74. The molecule has 0 fully saturated rings. The van der Waals surface area contributed by atoms with E-state index >= 15 is 0 Å². The third-order valence-corrected chi connectivity index (χ3v) is 8.52. The fraction of sp³-hybridized carbons (Fsp3) is 1.00. The van der Waals surface area contributed by atoms with E-state index in [-0.39, 0.29) is 46.9 Å². The first-order valence-corrected chi connectivity index (χ1v) is 26.7. The van der Waals surface area contributed by atoms with Crippen LogP contribution in [0.15, 0.2) is 0 Å². The summed E-state index contributed by atoms with van der Waals surface area (Å²) in [7, 11) is 0. The molecule has 28 nitrogen and oxygen atoms in total. The molecule has 0 aromatic heterocycles. The molecule has 98 heavy (non-hydrogen) atoms. The Morgan fingerprint density at radius 2 is 0.408 bits per heavy atom. The molecule has 0 saturated heterocycles. The van der Waals surface area contributed by atoms with Gasteiger partial charge in [-0.15, -0.1) is 0 Å². The fourth-order valence-corrected chi connectivity index (χ4v) is 3.75. The zero-order valence-electron chi connectivity index (χ0n) is 173. The van der Waals surface area contributed by atoms with Crippen LogP contribution in [-0.4, -0.2) is 359 Å². The van der Waals surface area contributed by atoms with E-state index in [2.05, 4.69) is 71.5 Å². The maximum atomic E-state index is 8.16. The maximum Gasteiger partial charge on any atom is 0.210 e. The van der Waals surface area contributed by atoms with E-state index in [0.29, 0.717) is 10.6 Å². The van der Waals surface area contributed by atoms with Crippen LogP contribution in [0, 0.1) is 0 Å². The van der Waals surface area contributed by atoms with Gasteiger partial charge in [-0.05, 0) is 89.5 Å². The third-order valence-electron chi connectivity index (χ3n) is 8.52. The molecule has 0 saturated carbocycles. The van der Waals surface area contributed by atoms with E-state index in [1.165, 1.54) is 41.5 Å². The van der Waals surface area contributed by atoms with E-state index in [1.54, 1.807) is 0 Å². The first-order chi connectivity index (χ1) is 94.9. The Bertz CT molecular complexity index is 5920. The Labute approximate surface area is 769 Å². The lowest BCUT2D eigenvalue weighted by molar-refractivity contribution is 0.229. The van der Waals surface area contributed by atoms with Crippen LogP contribution in [0.5, 0.6) is 0 Å². The second-order valence-corrected chi connectivity index (χ2v) is 14.9. The predicted molar refractivity (Wildman–Crippen MR) is 408 cm³/mol. The highest BCUT2D eigenvalue weighted by Crippen LogP contribution is 1.96. The largest absolute Gasteiger partial charge is 0.395 e. The second-order valence-electron chi connectivity index (χ2n) is 14.9. The van der Waals surface area contributed by atoms with Gasteiger partial charge in [0.25, 0.3) is 0 Å². The van der Waals surface area contributed by atoms with Crippen LogP contribution >= 0.6 is 0 Å². The summed E-state index contributed by atoms with van der Waals surface area (Å²) in [5, 5.41) is 46.8. The molecule has 0 heterocycles. The van der Waals surface area contributed by atoms with Crippen LogP contribution in [0.1, 0.15) is 312 Å². The van der Waals surface area contributed by atoms with Gasteiger partial charge in [0.15, 0.2) is 0 Å². The summed E-state index contributed by atoms with van der Waals surface area (Å²) < 4.78 is 909. The molecule has 0 aromatic rings. The molecule has 0 aliphatic heterocycles. The molecular weight excluding hydrogens is 1260 g/mol. The van der Waals surface area contributed by atoms with Crippen LogP contribution in [0.4, 0.5) is 0 Å². The molecule has 0 amide bonds. The summed E-state index contributed by atoms with van der Waals surface area (Å²) >= 11 is 0. The van der Waals surface area contributed by atoms with Crippen molar-refractivity contribution in [2.24, 2.45) is 0 Å². The van der Waals surface area contributed by atoms with Gasteiger partial charge < -0.3 is 146 Å². The molecule has 14 atom stereocenters. The van der Waals surface area contributed by atoms with E-state index < -0.39 is 429 Å². The summed E-state index contributed by atoms with van der Waals surface area (Å²) in [6, 6.07) is -42.3. The minimum absolute atomic E-state index is 0.0124. The van der Waals surface area contributed by atoms with Gasteiger partial charge >= 0.3 is 0 Å². The highest BCUT2D eigenvalue weighted by atomic mass is 16.3. The molecule has 28 N–H and O–H groups in total. The molecular formula is C70H168N14O14. The molecule has 0 rings (SSSR count). The van der Waals surface area contributed by atoms with E-state index in [9.17, 15) is 0 Å². The monoisotopic (exact) mass is 1550 g/mol. The maximum absolute atomic E-state index is 8.16. The molecule has 602 valence electrons. The lowest BCUT2D eigenvalue weighted by atomic mass is 10.2. The van der Waals surface area contributed by atoms with Crippen molar-refractivity contribution in [3.8, 4) is 0 Å². The molecule has 0 aliphatic rings. The van der Waals surface area contributed by atoms with Crippen molar-refractivity contribution in [3.63, 3.8) is 0 Å². The summed E-state index contributed by atoms with van der Waals surface area (Å²) in [5.74, 6) is 0. The van der Waals surface area contributed by atoms with Gasteiger partial charge in [-0.2, -0.15) is 0 Å². The van der Waals surface area contributed by atoms with Gasteiger partial charge in [-0.25, -0.2) is 0 Å². The first kappa shape index (κ1) is 20.2. The van der Waals surface area contributed by atoms with Crippen molar-refractivity contribution in [1.29, 1.82) is 20.0 Å². The summed E-state index contributed by atoms with van der Waals surface area (Å²) in [4.78, 5) is 0. The van der Waals surface area contributed by atoms with E-state index in [1.807, 2.05) is 0 Å².